The van der Waals surface area contributed by atoms with Gasteiger partial charge in [0.15, 0.2) is 0 Å². The fraction of sp³-hybridized carbons (Fsp3) is 0.625. The third-order valence-corrected chi connectivity index (χ3v) is 4.01. The molecular weight excluding hydrogens is 238 g/mol. The van der Waals surface area contributed by atoms with Gasteiger partial charge in [0.1, 0.15) is 18.5 Å². The van der Waals surface area contributed by atoms with E-state index >= 15 is 0 Å². The number of morpholine rings is 1. The smallest absolute Gasteiger partial charge is 0.122 e. The first-order chi connectivity index (χ1) is 9.33. The van der Waals surface area contributed by atoms with Crippen molar-refractivity contribution in [1.82, 2.24) is 5.32 Å². The van der Waals surface area contributed by atoms with Crippen molar-refractivity contribution in [3.63, 3.8) is 0 Å². The van der Waals surface area contributed by atoms with E-state index in [0.29, 0.717) is 6.61 Å². The van der Waals surface area contributed by atoms with Gasteiger partial charge in [0.25, 0.3) is 0 Å². The average Bonchev–Trinajstić information content (AvgIpc) is 2.45. The van der Waals surface area contributed by atoms with E-state index in [-0.39, 0.29) is 12.2 Å². The molecule has 0 spiro atoms. The molecule has 1 N–H and O–H groups in total. The Labute approximate surface area is 115 Å². The van der Waals surface area contributed by atoms with Crippen LogP contribution in [0, 0.1) is 0 Å². The minimum atomic E-state index is 0.170. The second-order valence-electron chi connectivity index (χ2n) is 5.64. The van der Waals surface area contributed by atoms with E-state index in [2.05, 4.69) is 30.4 Å². The summed E-state index contributed by atoms with van der Waals surface area (Å²) in [7, 11) is 0. The van der Waals surface area contributed by atoms with Crippen LogP contribution in [-0.4, -0.2) is 31.9 Å². The van der Waals surface area contributed by atoms with Gasteiger partial charge in [-0.15, -0.1) is 0 Å². The Morgan fingerprint density at radius 2 is 2.16 bits per heavy atom. The van der Waals surface area contributed by atoms with Crippen LogP contribution in [0.1, 0.15) is 30.9 Å². The summed E-state index contributed by atoms with van der Waals surface area (Å²) in [6, 6.07) is 6.45. The van der Waals surface area contributed by atoms with Crippen molar-refractivity contribution >= 4 is 0 Å². The topological polar surface area (TPSA) is 30.5 Å². The molecule has 2 atom stereocenters. The van der Waals surface area contributed by atoms with Crippen molar-refractivity contribution in [2.24, 2.45) is 0 Å². The summed E-state index contributed by atoms with van der Waals surface area (Å²) >= 11 is 0. The number of fused-ring (bicyclic) bond motifs is 1. The average molecular weight is 261 g/mol. The van der Waals surface area contributed by atoms with Crippen LogP contribution in [0.5, 0.6) is 5.75 Å². The molecule has 3 nitrogen and oxygen atoms in total. The summed E-state index contributed by atoms with van der Waals surface area (Å²) in [6.45, 7) is 4.58. The van der Waals surface area contributed by atoms with Crippen LogP contribution in [0.3, 0.4) is 0 Å². The van der Waals surface area contributed by atoms with E-state index in [9.17, 15) is 0 Å². The normalized spacial score (nSPS) is 26.8. The van der Waals surface area contributed by atoms with E-state index in [4.69, 9.17) is 9.47 Å². The fourth-order valence-corrected chi connectivity index (χ4v) is 3.03. The Morgan fingerprint density at radius 3 is 3.05 bits per heavy atom. The van der Waals surface area contributed by atoms with E-state index < -0.39 is 0 Å². The van der Waals surface area contributed by atoms with Gasteiger partial charge in [-0.05, 0) is 49.8 Å². The Balaban J connectivity index is 1.63. The third-order valence-electron chi connectivity index (χ3n) is 4.01. The highest BCUT2D eigenvalue weighted by molar-refractivity contribution is 5.41. The Bertz CT molecular complexity index is 433. The minimum Gasteiger partial charge on any atom is -0.491 e. The summed E-state index contributed by atoms with van der Waals surface area (Å²) in [4.78, 5) is 0. The maximum absolute atomic E-state index is 6.03. The van der Waals surface area contributed by atoms with Gasteiger partial charge in [-0.2, -0.15) is 0 Å². The highest BCUT2D eigenvalue weighted by Crippen LogP contribution is 2.29. The van der Waals surface area contributed by atoms with Crippen molar-refractivity contribution < 1.29 is 9.47 Å². The maximum Gasteiger partial charge on any atom is 0.122 e. The van der Waals surface area contributed by atoms with Crippen LogP contribution in [0.25, 0.3) is 0 Å². The van der Waals surface area contributed by atoms with Gasteiger partial charge in [-0.3, -0.25) is 0 Å². The van der Waals surface area contributed by atoms with Crippen LogP contribution < -0.4 is 10.1 Å². The number of hydrogen-bond donors (Lipinski definition) is 1. The summed E-state index contributed by atoms with van der Waals surface area (Å²) in [5.74, 6) is 1.07. The SMILES string of the molecule is CC1CNCC(COc2cccc3c2CCCC3)O1. The zero-order chi connectivity index (χ0) is 13.1. The van der Waals surface area contributed by atoms with Gasteiger partial charge in [-0.1, -0.05) is 12.1 Å². The standard InChI is InChI=1S/C16H23NO2/c1-12-9-17-10-14(19-12)11-18-16-8-4-6-13-5-2-3-7-15(13)16/h4,6,8,12,14,17H,2-3,5,7,9-11H2,1H3. The molecule has 19 heavy (non-hydrogen) atoms. The lowest BCUT2D eigenvalue weighted by Gasteiger charge is -2.29. The predicted octanol–water partition coefficient (Wildman–Crippen LogP) is 2.32. The molecule has 0 saturated carbocycles. The van der Waals surface area contributed by atoms with Crippen molar-refractivity contribution in [2.45, 2.75) is 44.8 Å². The molecule has 1 heterocycles. The number of benzene rings is 1. The number of aryl methyl sites for hydroxylation is 1. The first-order valence-electron chi connectivity index (χ1n) is 7.42. The van der Waals surface area contributed by atoms with Gasteiger partial charge < -0.3 is 14.8 Å². The molecule has 0 bridgehead atoms. The monoisotopic (exact) mass is 261 g/mol. The number of nitrogens with one attached hydrogen (secondary N) is 1. The van der Waals surface area contributed by atoms with Gasteiger partial charge >= 0.3 is 0 Å². The lowest BCUT2D eigenvalue weighted by atomic mass is 9.91. The highest BCUT2D eigenvalue weighted by atomic mass is 16.5. The minimum absolute atomic E-state index is 0.170. The van der Waals surface area contributed by atoms with Gasteiger partial charge in [-0.25, -0.2) is 0 Å². The van der Waals surface area contributed by atoms with E-state index in [1.165, 1.54) is 30.4 Å². The van der Waals surface area contributed by atoms with E-state index in [0.717, 1.165) is 25.3 Å². The maximum atomic E-state index is 6.03. The van der Waals surface area contributed by atoms with Crippen molar-refractivity contribution in [1.29, 1.82) is 0 Å². The second kappa shape index (κ2) is 5.93. The number of ether oxygens (including phenoxy) is 2. The Morgan fingerprint density at radius 1 is 1.26 bits per heavy atom. The molecular formula is C16H23NO2. The molecule has 1 saturated heterocycles. The predicted molar refractivity (Wildman–Crippen MR) is 75.8 cm³/mol. The Kier molecular flexibility index (Phi) is 4.04. The molecule has 1 aliphatic heterocycles. The second-order valence-corrected chi connectivity index (χ2v) is 5.64. The lowest BCUT2D eigenvalue weighted by Crippen LogP contribution is -2.45. The molecule has 1 fully saturated rings. The van der Waals surface area contributed by atoms with Crippen LogP contribution in [0.4, 0.5) is 0 Å². The number of rotatable bonds is 3. The van der Waals surface area contributed by atoms with Gasteiger partial charge in [0.2, 0.25) is 0 Å². The molecule has 0 amide bonds. The van der Waals surface area contributed by atoms with Crippen molar-refractivity contribution in [3.8, 4) is 5.75 Å². The lowest BCUT2D eigenvalue weighted by molar-refractivity contribution is -0.0471. The molecule has 1 aromatic carbocycles. The zero-order valence-corrected chi connectivity index (χ0v) is 11.7. The molecule has 1 aliphatic carbocycles. The molecule has 0 radical (unpaired) electrons. The first kappa shape index (κ1) is 12.9. The van der Waals surface area contributed by atoms with Crippen LogP contribution in [0.15, 0.2) is 18.2 Å². The molecule has 104 valence electrons. The fourth-order valence-electron chi connectivity index (χ4n) is 3.03. The summed E-state index contributed by atoms with van der Waals surface area (Å²) < 4.78 is 11.9. The van der Waals surface area contributed by atoms with Crippen molar-refractivity contribution in [2.75, 3.05) is 19.7 Å². The largest absolute Gasteiger partial charge is 0.491 e. The third kappa shape index (κ3) is 3.10. The van der Waals surface area contributed by atoms with Crippen molar-refractivity contribution in [3.05, 3.63) is 29.3 Å². The number of hydrogen-bond acceptors (Lipinski definition) is 3. The molecule has 0 aromatic heterocycles. The van der Waals surface area contributed by atoms with Crippen LogP contribution in [-0.2, 0) is 17.6 Å². The molecule has 2 aliphatic rings. The molecule has 1 aromatic rings. The summed E-state index contributed by atoms with van der Waals surface area (Å²) in [5.41, 5.74) is 2.89. The highest BCUT2D eigenvalue weighted by Gasteiger charge is 2.20. The summed E-state index contributed by atoms with van der Waals surface area (Å²) in [6.07, 6.45) is 5.40. The van der Waals surface area contributed by atoms with Gasteiger partial charge in [0, 0.05) is 13.1 Å². The molecule has 2 unspecified atom stereocenters. The molecule has 3 heteroatoms. The zero-order valence-electron chi connectivity index (χ0n) is 11.7. The first-order valence-corrected chi connectivity index (χ1v) is 7.42. The van der Waals surface area contributed by atoms with Gasteiger partial charge in [0.05, 0.1) is 6.10 Å². The molecule has 3 rings (SSSR count). The van der Waals surface area contributed by atoms with Crippen LogP contribution in [0.2, 0.25) is 0 Å². The van der Waals surface area contributed by atoms with E-state index in [1.807, 2.05) is 0 Å². The quantitative estimate of drug-likeness (QED) is 0.906. The van der Waals surface area contributed by atoms with E-state index in [1.54, 1.807) is 0 Å². The summed E-state index contributed by atoms with van der Waals surface area (Å²) in [5, 5.41) is 3.38. The van der Waals surface area contributed by atoms with Crippen LogP contribution >= 0.6 is 0 Å². The Hall–Kier alpha value is -1.06.